The summed E-state index contributed by atoms with van der Waals surface area (Å²) in [6, 6.07) is 2.21. The van der Waals surface area contributed by atoms with Crippen molar-refractivity contribution in [3.63, 3.8) is 0 Å². The Morgan fingerprint density at radius 1 is 1.77 bits per heavy atom. The Morgan fingerprint density at radius 3 is 2.92 bits per heavy atom. The van der Waals surface area contributed by atoms with Gasteiger partial charge in [-0.2, -0.15) is 4.37 Å². The van der Waals surface area contributed by atoms with Crippen LogP contribution in [0.25, 0.3) is 0 Å². The molecule has 1 heterocycles. The van der Waals surface area contributed by atoms with E-state index in [-0.39, 0.29) is 5.91 Å². The van der Waals surface area contributed by atoms with Crippen LogP contribution >= 0.6 is 11.5 Å². The van der Waals surface area contributed by atoms with Gasteiger partial charge >= 0.3 is 0 Å². The molecule has 1 N–H and O–H groups in total. The van der Waals surface area contributed by atoms with Crippen LogP contribution in [0.3, 0.4) is 0 Å². The second-order valence-corrected chi connectivity index (χ2v) is 4.62. The lowest BCUT2D eigenvalue weighted by Crippen LogP contribution is -2.26. The Bertz CT molecular complexity index is 334. The summed E-state index contributed by atoms with van der Waals surface area (Å²) in [6.07, 6.45) is 1.11. The zero-order chi connectivity index (χ0) is 9.42. The Hall–Kier alpha value is -0.900. The van der Waals surface area contributed by atoms with Crippen LogP contribution in [0.1, 0.15) is 28.7 Å². The monoisotopic (exact) mass is 196 g/mol. The third-order valence-corrected chi connectivity index (χ3v) is 2.98. The van der Waals surface area contributed by atoms with E-state index >= 15 is 0 Å². The van der Waals surface area contributed by atoms with Gasteiger partial charge in [0.2, 0.25) is 0 Å². The van der Waals surface area contributed by atoms with Crippen LogP contribution in [0.5, 0.6) is 0 Å². The largest absolute Gasteiger partial charge is 0.348 e. The predicted octanol–water partition coefficient (Wildman–Crippen LogP) is 1.59. The van der Waals surface area contributed by atoms with E-state index in [0.717, 1.165) is 11.3 Å². The van der Waals surface area contributed by atoms with Crippen molar-refractivity contribution in [2.45, 2.75) is 26.3 Å². The number of aryl methyl sites for hydroxylation is 1. The average Bonchev–Trinajstić information content (AvgIpc) is 2.62. The number of carbonyl (C=O) groups excluding carboxylic acids is 1. The third-order valence-electron chi connectivity index (χ3n) is 2.29. The molecule has 0 unspecified atom stereocenters. The fourth-order valence-electron chi connectivity index (χ4n) is 1.24. The summed E-state index contributed by atoms with van der Waals surface area (Å²) >= 11 is 1.37. The lowest BCUT2D eigenvalue weighted by atomic mass is 10.3. The summed E-state index contributed by atoms with van der Waals surface area (Å²) in [6.45, 7) is 4.09. The molecule has 0 saturated heterocycles. The molecular formula is C9H12N2OS. The van der Waals surface area contributed by atoms with Crippen molar-refractivity contribution in [3.8, 4) is 0 Å². The van der Waals surface area contributed by atoms with Gasteiger partial charge in [0.1, 0.15) is 5.69 Å². The minimum atomic E-state index is -0.0290. The van der Waals surface area contributed by atoms with E-state index in [4.69, 9.17) is 0 Å². The Kier molecular flexibility index (Phi) is 2.07. The molecule has 1 aliphatic rings. The van der Waals surface area contributed by atoms with Gasteiger partial charge in [-0.3, -0.25) is 4.79 Å². The van der Waals surface area contributed by atoms with Crippen molar-refractivity contribution in [1.29, 1.82) is 0 Å². The van der Waals surface area contributed by atoms with Crippen molar-refractivity contribution in [3.05, 3.63) is 16.6 Å². The fourth-order valence-corrected chi connectivity index (χ4v) is 1.78. The molecule has 1 fully saturated rings. The maximum absolute atomic E-state index is 11.5. The number of hydrogen-bond donors (Lipinski definition) is 1. The van der Waals surface area contributed by atoms with E-state index in [2.05, 4.69) is 16.6 Å². The molecule has 1 aliphatic carbocycles. The number of amides is 1. The number of nitrogens with zero attached hydrogens (tertiary/aromatic N) is 1. The summed E-state index contributed by atoms with van der Waals surface area (Å²) in [4.78, 5) is 12.6. The SMILES string of the molecule is Cc1cc(C(=O)N[C@@H]2C[C@H]2C)ns1. The first-order chi connectivity index (χ1) is 6.16. The highest BCUT2D eigenvalue weighted by Crippen LogP contribution is 2.29. The van der Waals surface area contributed by atoms with Crippen LogP contribution in [-0.4, -0.2) is 16.3 Å². The normalized spacial score (nSPS) is 25.7. The van der Waals surface area contributed by atoms with E-state index in [0.29, 0.717) is 17.7 Å². The van der Waals surface area contributed by atoms with Gasteiger partial charge in [0, 0.05) is 10.9 Å². The van der Waals surface area contributed by atoms with Gasteiger partial charge in [-0.1, -0.05) is 6.92 Å². The van der Waals surface area contributed by atoms with Gasteiger partial charge in [-0.25, -0.2) is 0 Å². The summed E-state index contributed by atoms with van der Waals surface area (Å²) in [7, 11) is 0. The zero-order valence-electron chi connectivity index (χ0n) is 7.70. The van der Waals surface area contributed by atoms with Crippen molar-refractivity contribution in [2.75, 3.05) is 0 Å². The Balaban J connectivity index is 1.97. The molecule has 1 amide bonds. The van der Waals surface area contributed by atoms with Crippen LogP contribution in [0, 0.1) is 12.8 Å². The minimum Gasteiger partial charge on any atom is -0.348 e. The molecule has 2 rings (SSSR count). The smallest absolute Gasteiger partial charge is 0.271 e. The molecule has 1 aromatic rings. The third kappa shape index (κ3) is 1.88. The predicted molar refractivity (Wildman–Crippen MR) is 51.9 cm³/mol. The van der Waals surface area contributed by atoms with E-state index < -0.39 is 0 Å². The van der Waals surface area contributed by atoms with Crippen molar-refractivity contribution < 1.29 is 4.79 Å². The standard InChI is InChI=1S/C9H12N2OS/c1-5-3-7(5)10-9(12)8-4-6(2)13-11-8/h4-5,7H,3H2,1-2H3,(H,10,12)/t5-,7-/m1/s1. The van der Waals surface area contributed by atoms with Gasteiger partial charge in [-0.15, -0.1) is 0 Å². The Morgan fingerprint density at radius 2 is 2.46 bits per heavy atom. The van der Waals surface area contributed by atoms with Gasteiger partial charge < -0.3 is 5.32 Å². The van der Waals surface area contributed by atoms with Gasteiger partial charge in [0.25, 0.3) is 5.91 Å². The number of nitrogens with one attached hydrogen (secondary N) is 1. The van der Waals surface area contributed by atoms with Gasteiger partial charge in [0.15, 0.2) is 0 Å². The van der Waals surface area contributed by atoms with Crippen LogP contribution < -0.4 is 5.32 Å². The molecule has 0 bridgehead atoms. The molecule has 4 heteroatoms. The highest BCUT2D eigenvalue weighted by atomic mass is 32.1. The molecule has 13 heavy (non-hydrogen) atoms. The van der Waals surface area contributed by atoms with Crippen LogP contribution in [0.2, 0.25) is 0 Å². The topological polar surface area (TPSA) is 42.0 Å². The van der Waals surface area contributed by atoms with E-state index in [1.807, 2.05) is 13.0 Å². The molecule has 1 aromatic heterocycles. The molecule has 2 atom stereocenters. The maximum atomic E-state index is 11.5. The van der Waals surface area contributed by atoms with E-state index in [1.54, 1.807) is 0 Å². The fraction of sp³-hybridized carbons (Fsp3) is 0.556. The van der Waals surface area contributed by atoms with Crippen molar-refractivity contribution in [1.82, 2.24) is 9.69 Å². The lowest BCUT2D eigenvalue weighted by molar-refractivity contribution is 0.0945. The number of hydrogen-bond acceptors (Lipinski definition) is 3. The first-order valence-corrected chi connectivity index (χ1v) is 5.18. The quantitative estimate of drug-likeness (QED) is 0.780. The summed E-state index contributed by atoms with van der Waals surface area (Å²) in [5.74, 6) is 0.613. The van der Waals surface area contributed by atoms with Crippen molar-refractivity contribution in [2.24, 2.45) is 5.92 Å². The number of carbonyl (C=O) groups is 1. The average molecular weight is 196 g/mol. The van der Waals surface area contributed by atoms with Crippen LogP contribution in [0.4, 0.5) is 0 Å². The molecule has 0 spiro atoms. The first kappa shape index (κ1) is 8.69. The number of aromatic nitrogens is 1. The molecular weight excluding hydrogens is 184 g/mol. The Labute approximate surface area is 81.3 Å². The molecule has 0 aliphatic heterocycles. The molecule has 1 saturated carbocycles. The van der Waals surface area contributed by atoms with Gasteiger partial charge in [-0.05, 0) is 36.9 Å². The maximum Gasteiger partial charge on any atom is 0.271 e. The lowest BCUT2D eigenvalue weighted by Gasteiger charge is -1.98. The summed E-state index contributed by atoms with van der Waals surface area (Å²) < 4.78 is 4.05. The molecule has 70 valence electrons. The second-order valence-electron chi connectivity index (χ2n) is 3.62. The molecule has 0 aromatic carbocycles. The first-order valence-electron chi connectivity index (χ1n) is 4.41. The van der Waals surface area contributed by atoms with E-state index in [9.17, 15) is 4.79 Å². The summed E-state index contributed by atoms with van der Waals surface area (Å²) in [5, 5.41) is 2.94. The molecule has 0 radical (unpaired) electrons. The van der Waals surface area contributed by atoms with Crippen molar-refractivity contribution >= 4 is 17.4 Å². The minimum absolute atomic E-state index is 0.0290. The highest BCUT2D eigenvalue weighted by molar-refractivity contribution is 7.05. The van der Waals surface area contributed by atoms with E-state index in [1.165, 1.54) is 11.5 Å². The number of rotatable bonds is 2. The molecule has 3 nitrogen and oxygen atoms in total. The zero-order valence-corrected chi connectivity index (χ0v) is 8.52. The summed E-state index contributed by atoms with van der Waals surface area (Å²) in [5.41, 5.74) is 0.557. The van der Waals surface area contributed by atoms with Gasteiger partial charge in [0.05, 0.1) is 0 Å². The van der Waals surface area contributed by atoms with Crippen LogP contribution in [0.15, 0.2) is 6.07 Å². The second kappa shape index (κ2) is 3.10. The van der Waals surface area contributed by atoms with Crippen LogP contribution in [-0.2, 0) is 0 Å². The highest BCUT2D eigenvalue weighted by Gasteiger charge is 2.34.